The number of allylic oxidation sites excluding steroid dienone is 4. The Morgan fingerprint density at radius 2 is 1.85 bits per heavy atom. The van der Waals surface area contributed by atoms with Gasteiger partial charge >= 0.3 is 6.09 Å². The molecule has 0 bridgehead atoms. The molecule has 0 radical (unpaired) electrons. The van der Waals surface area contributed by atoms with Crippen LogP contribution in [-0.2, 0) is 16.0 Å². The van der Waals surface area contributed by atoms with Gasteiger partial charge in [-0.2, -0.15) is 0 Å². The van der Waals surface area contributed by atoms with Crippen molar-refractivity contribution >= 4 is 17.7 Å². The van der Waals surface area contributed by atoms with Crippen molar-refractivity contribution in [2.24, 2.45) is 11.1 Å². The summed E-state index contributed by atoms with van der Waals surface area (Å²) < 4.78 is 5.56. The highest BCUT2D eigenvalue weighted by molar-refractivity contribution is 5.84. The SMILES string of the molecule is CC12C=CC=CC1c1ccccc1C2COC(=O)N[C@@H](Cc1ccc([N+](=O)[O-])cc1)C(N)=O. The Balaban J connectivity index is 1.42. The fraction of sp³-hybridized carbons (Fsp3) is 0.280. The molecular weight excluding hydrogens is 422 g/mol. The van der Waals surface area contributed by atoms with Crippen molar-refractivity contribution in [1.29, 1.82) is 0 Å². The molecule has 8 heteroatoms. The maximum atomic E-state index is 12.6. The number of hydrogen-bond donors (Lipinski definition) is 2. The van der Waals surface area contributed by atoms with E-state index >= 15 is 0 Å². The molecule has 0 aromatic heterocycles. The van der Waals surface area contributed by atoms with Crippen molar-refractivity contribution in [3.05, 3.63) is 99.6 Å². The summed E-state index contributed by atoms with van der Waals surface area (Å²) in [4.78, 5) is 34.8. The van der Waals surface area contributed by atoms with Crippen LogP contribution in [0.1, 0.15) is 35.4 Å². The van der Waals surface area contributed by atoms with E-state index in [2.05, 4.69) is 36.5 Å². The van der Waals surface area contributed by atoms with Crippen molar-refractivity contribution in [3.63, 3.8) is 0 Å². The number of non-ortho nitro benzene ring substituents is 1. The lowest BCUT2D eigenvalue weighted by atomic mass is 9.70. The first-order valence-corrected chi connectivity index (χ1v) is 10.7. The lowest BCUT2D eigenvalue weighted by Crippen LogP contribution is -2.46. The number of fused-ring (bicyclic) bond motifs is 3. The number of carbonyl (C=O) groups is 2. The highest BCUT2D eigenvalue weighted by atomic mass is 16.6. The predicted molar refractivity (Wildman–Crippen MR) is 123 cm³/mol. The van der Waals surface area contributed by atoms with Crippen LogP contribution < -0.4 is 11.1 Å². The molecule has 0 fully saturated rings. The molecular formula is C25H25N3O5. The number of nitro groups is 1. The summed E-state index contributed by atoms with van der Waals surface area (Å²) in [5.74, 6) is -0.549. The summed E-state index contributed by atoms with van der Waals surface area (Å²) in [6.07, 6.45) is 7.75. The van der Waals surface area contributed by atoms with E-state index in [1.165, 1.54) is 29.8 Å². The molecule has 2 aromatic carbocycles. The molecule has 0 heterocycles. The number of nitrogens with one attached hydrogen (secondary N) is 1. The maximum Gasteiger partial charge on any atom is 0.407 e. The van der Waals surface area contributed by atoms with E-state index in [1.807, 2.05) is 24.3 Å². The highest BCUT2D eigenvalue weighted by Gasteiger charge is 2.48. The molecule has 8 nitrogen and oxygen atoms in total. The Labute approximate surface area is 191 Å². The third kappa shape index (κ3) is 4.37. The van der Waals surface area contributed by atoms with Gasteiger partial charge in [-0.1, -0.05) is 67.6 Å². The van der Waals surface area contributed by atoms with Crippen LogP contribution in [0.25, 0.3) is 0 Å². The maximum absolute atomic E-state index is 12.6. The van der Waals surface area contributed by atoms with Gasteiger partial charge < -0.3 is 15.8 Å². The van der Waals surface area contributed by atoms with Crippen LogP contribution in [0, 0.1) is 15.5 Å². The standard InChI is InChI=1S/C25H25N3O5/c1-25-13-5-4-8-20(25)18-6-2-3-7-19(18)21(25)15-33-24(30)27-22(23(26)29)14-16-9-11-17(12-10-16)28(31)32/h2-13,20-22H,14-15H2,1H3,(H2,26,29)(H,27,30)/t20?,21?,22-,25?/m0/s1. The number of amides is 2. The molecule has 2 aromatic rings. The molecule has 3 unspecified atom stereocenters. The minimum atomic E-state index is -1.00. The summed E-state index contributed by atoms with van der Waals surface area (Å²) in [5.41, 5.74) is 8.18. The molecule has 0 aliphatic heterocycles. The fourth-order valence-corrected chi connectivity index (χ4v) is 4.79. The van der Waals surface area contributed by atoms with Crippen molar-refractivity contribution < 1.29 is 19.2 Å². The minimum Gasteiger partial charge on any atom is -0.449 e. The Morgan fingerprint density at radius 3 is 2.52 bits per heavy atom. The fourth-order valence-electron chi connectivity index (χ4n) is 4.79. The molecule has 2 amide bonds. The highest BCUT2D eigenvalue weighted by Crippen LogP contribution is 2.57. The van der Waals surface area contributed by atoms with E-state index in [4.69, 9.17) is 10.5 Å². The first-order chi connectivity index (χ1) is 15.8. The van der Waals surface area contributed by atoms with E-state index in [-0.39, 0.29) is 36.0 Å². The van der Waals surface area contributed by atoms with Gasteiger partial charge in [-0.3, -0.25) is 14.9 Å². The van der Waals surface area contributed by atoms with Gasteiger partial charge in [0.1, 0.15) is 12.6 Å². The molecule has 2 aliphatic rings. The second-order valence-electron chi connectivity index (χ2n) is 8.59. The second-order valence-corrected chi connectivity index (χ2v) is 8.59. The number of hydrogen-bond acceptors (Lipinski definition) is 5. The third-order valence-electron chi connectivity index (χ3n) is 6.60. The Bertz CT molecular complexity index is 1140. The average Bonchev–Trinajstić information content (AvgIpc) is 3.05. The average molecular weight is 447 g/mol. The molecule has 0 saturated carbocycles. The van der Waals surface area contributed by atoms with E-state index in [1.54, 1.807) is 0 Å². The van der Waals surface area contributed by atoms with E-state index < -0.39 is 23.0 Å². The topological polar surface area (TPSA) is 125 Å². The number of benzene rings is 2. The van der Waals surface area contributed by atoms with E-state index in [0.717, 1.165) is 5.56 Å². The lowest BCUT2D eigenvalue weighted by Gasteiger charge is -2.34. The van der Waals surface area contributed by atoms with Crippen LogP contribution in [0.2, 0.25) is 0 Å². The van der Waals surface area contributed by atoms with Gasteiger partial charge in [0, 0.05) is 35.8 Å². The van der Waals surface area contributed by atoms with Gasteiger partial charge in [0.25, 0.3) is 5.69 Å². The van der Waals surface area contributed by atoms with Gasteiger partial charge in [0.15, 0.2) is 0 Å². The predicted octanol–water partition coefficient (Wildman–Crippen LogP) is 3.73. The molecule has 0 saturated heterocycles. The number of primary amides is 1. The smallest absolute Gasteiger partial charge is 0.407 e. The molecule has 4 rings (SSSR count). The van der Waals surface area contributed by atoms with Crippen LogP contribution in [0.5, 0.6) is 0 Å². The third-order valence-corrected chi connectivity index (χ3v) is 6.60. The molecule has 2 aliphatic carbocycles. The van der Waals surface area contributed by atoms with Crippen molar-refractivity contribution in [2.75, 3.05) is 6.61 Å². The number of rotatable bonds is 7. The van der Waals surface area contributed by atoms with Crippen molar-refractivity contribution in [1.82, 2.24) is 5.32 Å². The van der Waals surface area contributed by atoms with E-state index in [9.17, 15) is 19.7 Å². The number of nitrogens with two attached hydrogens (primary N) is 1. The lowest BCUT2D eigenvalue weighted by molar-refractivity contribution is -0.384. The van der Waals surface area contributed by atoms with Crippen molar-refractivity contribution in [2.45, 2.75) is 31.2 Å². The monoisotopic (exact) mass is 447 g/mol. The Morgan fingerprint density at radius 1 is 1.15 bits per heavy atom. The van der Waals surface area contributed by atoms with Gasteiger partial charge in [-0.05, 0) is 16.7 Å². The van der Waals surface area contributed by atoms with Crippen LogP contribution in [0.4, 0.5) is 10.5 Å². The number of nitro benzene ring substituents is 1. The zero-order valence-electron chi connectivity index (χ0n) is 18.1. The molecule has 170 valence electrons. The summed E-state index contributed by atoms with van der Waals surface area (Å²) in [7, 11) is 0. The molecule has 33 heavy (non-hydrogen) atoms. The van der Waals surface area contributed by atoms with Gasteiger partial charge in [-0.25, -0.2) is 4.79 Å². The summed E-state index contributed by atoms with van der Waals surface area (Å²) in [5, 5.41) is 13.3. The van der Waals surface area contributed by atoms with Gasteiger partial charge in [0.2, 0.25) is 5.91 Å². The van der Waals surface area contributed by atoms with Crippen LogP contribution in [-0.4, -0.2) is 29.6 Å². The Kier molecular flexibility index (Phi) is 6.00. The zero-order valence-corrected chi connectivity index (χ0v) is 18.1. The number of ether oxygens (including phenoxy) is 1. The summed E-state index contributed by atoms with van der Waals surface area (Å²) >= 11 is 0. The van der Waals surface area contributed by atoms with Crippen LogP contribution >= 0.6 is 0 Å². The van der Waals surface area contributed by atoms with Gasteiger partial charge in [0.05, 0.1) is 4.92 Å². The largest absolute Gasteiger partial charge is 0.449 e. The quantitative estimate of drug-likeness (QED) is 0.494. The second kappa shape index (κ2) is 8.90. The zero-order chi connectivity index (χ0) is 23.6. The molecule has 4 atom stereocenters. The number of carbonyl (C=O) groups excluding carboxylic acids is 2. The van der Waals surface area contributed by atoms with Gasteiger partial charge in [-0.15, -0.1) is 0 Å². The first-order valence-electron chi connectivity index (χ1n) is 10.7. The minimum absolute atomic E-state index is 0.0349. The Hall–Kier alpha value is -3.94. The molecule has 0 spiro atoms. The summed E-state index contributed by atoms with van der Waals surface area (Å²) in [6.45, 7) is 2.31. The summed E-state index contributed by atoms with van der Waals surface area (Å²) in [6, 6.07) is 12.9. The van der Waals surface area contributed by atoms with Crippen molar-refractivity contribution in [3.8, 4) is 0 Å². The number of alkyl carbamates (subject to hydrolysis) is 1. The molecule has 3 N–H and O–H groups in total. The first kappa shape index (κ1) is 22.3. The van der Waals surface area contributed by atoms with Crippen LogP contribution in [0.3, 0.4) is 0 Å². The van der Waals surface area contributed by atoms with E-state index in [0.29, 0.717) is 5.56 Å². The normalized spacial score (nSPS) is 23.3. The number of nitrogens with zero attached hydrogens (tertiary/aromatic N) is 1. The van der Waals surface area contributed by atoms with Crippen LogP contribution in [0.15, 0.2) is 72.8 Å².